The third kappa shape index (κ3) is 4.56. The van der Waals surface area contributed by atoms with Gasteiger partial charge in [-0.15, -0.1) is 0 Å². The van der Waals surface area contributed by atoms with Crippen LogP contribution in [0.4, 0.5) is 0 Å². The summed E-state index contributed by atoms with van der Waals surface area (Å²) >= 11 is 0. The third-order valence-corrected chi connectivity index (χ3v) is 4.28. The maximum Gasteiger partial charge on any atom is 0.328 e. The molecule has 1 fully saturated rings. The highest BCUT2D eigenvalue weighted by atomic mass is 16.8. The van der Waals surface area contributed by atoms with E-state index in [1.807, 2.05) is 37.3 Å². The molecular formula is C18H25NO6. The molecule has 1 heterocycles. The number of benzene rings is 1. The summed E-state index contributed by atoms with van der Waals surface area (Å²) in [5.41, 5.74) is -0.121. The number of hydroxylamine groups is 2. The van der Waals surface area contributed by atoms with Gasteiger partial charge in [-0.1, -0.05) is 30.3 Å². The van der Waals surface area contributed by atoms with Gasteiger partial charge in [0.15, 0.2) is 6.29 Å². The minimum atomic E-state index is -1.10. The van der Waals surface area contributed by atoms with Gasteiger partial charge in [0.1, 0.15) is 5.54 Å². The SMILES string of the molecule is CCO[C@@H]1C[C@](CCC(=O)OC)(C(=O)OC)N(Cc2ccccc2)O1. The zero-order valence-corrected chi connectivity index (χ0v) is 14.9. The average Bonchev–Trinajstić information content (AvgIpc) is 2.98. The van der Waals surface area contributed by atoms with E-state index in [9.17, 15) is 9.59 Å². The molecule has 0 spiro atoms. The predicted molar refractivity (Wildman–Crippen MR) is 89.1 cm³/mol. The van der Waals surface area contributed by atoms with Gasteiger partial charge in [-0.3, -0.25) is 9.63 Å². The lowest BCUT2D eigenvalue weighted by molar-refractivity contribution is -0.256. The van der Waals surface area contributed by atoms with Crippen LogP contribution in [0, 0.1) is 0 Å². The molecule has 138 valence electrons. The van der Waals surface area contributed by atoms with Gasteiger partial charge in [0.25, 0.3) is 0 Å². The van der Waals surface area contributed by atoms with Crippen molar-refractivity contribution in [2.45, 2.75) is 44.6 Å². The van der Waals surface area contributed by atoms with Crippen molar-refractivity contribution in [2.75, 3.05) is 20.8 Å². The summed E-state index contributed by atoms with van der Waals surface area (Å²) in [7, 11) is 2.65. The van der Waals surface area contributed by atoms with Gasteiger partial charge in [0.05, 0.1) is 20.8 Å². The maximum absolute atomic E-state index is 12.6. The van der Waals surface area contributed by atoms with Crippen molar-refractivity contribution in [3.63, 3.8) is 0 Å². The van der Waals surface area contributed by atoms with Gasteiger partial charge >= 0.3 is 11.9 Å². The first-order valence-electron chi connectivity index (χ1n) is 8.31. The van der Waals surface area contributed by atoms with Crippen LogP contribution in [0.2, 0.25) is 0 Å². The van der Waals surface area contributed by atoms with Crippen molar-refractivity contribution in [2.24, 2.45) is 0 Å². The summed E-state index contributed by atoms with van der Waals surface area (Å²) in [5, 5.41) is 1.58. The molecule has 0 saturated carbocycles. The number of esters is 2. The van der Waals surface area contributed by atoms with Crippen molar-refractivity contribution in [3.8, 4) is 0 Å². The molecule has 1 aromatic carbocycles. The fourth-order valence-electron chi connectivity index (χ4n) is 2.99. The van der Waals surface area contributed by atoms with Crippen LogP contribution in [0.15, 0.2) is 30.3 Å². The van der Waals surface area contributed by atoms with Gasteiger partial charge in [-0.05, 0) is 18.9 Å². The van der Waals surface area contributed by atoms with Crippen molar-refractivity contribution in [3.05, 3.63) is 35.9 Å². The smallest absolute Gasteiger partial charge is 0.328 e. The van der Waals surface area contributed by atoms with Gasteiger partial charge in [-0.25, -0.2) is 4.79 Å². The summed E-state index contributed by atoms with van der Waals surface area (Å²) in [6.45, 7) is 2.69. The molecule has 7 nitrogen and oxygen atoms in total. The lowest BCUT2D eigenvalue weighted by Gasteiger charge is -2.33. The lowest BCUT2D eigenvalue weighted by Crippen LogP contribution is -2.50. The monoisotopic (exact) mass is 351 g/mol. The molecule has 25 heavy (non-hydrogen) atoms. The number of rotatable bonds is 8. The Morgan fingerprint density at radius 3 is 2.56 bits per heavy atom. The van der Waals surface area contributed by atoms with Gasteiger partial charge < -0.3 is 14.2 Å². The number of nitrogens with zero attached hydrogens (tertiary/aromatic N) is 1. The predicted octanol–water partition coefficient (Wildman–Crippen LogP) is 2.05. The second-order valence-electron chi connectivity index (χ2n) is 5.82. The molecule has 0 amide bonds. The Morgan fingerprint density at radius 1 is 1.24 bits per heavy atom. The standard InChI is InChI=1S/C18H25NO6/c1-4-24-16-12-18(17(21)23-3,11-10-15(20)22-2)19(25-16)13-14-8-6-5-7-9-14/h5-9,16H,4,10-13H2,1-3H3/t16-,18+/m0/s1. The molecule has 0 radical (unpaired) electrons. The van der Waals surface area contributed by atoms with Crippen molar-refractivity contribution >= 4 is 11.9 Å². The van der Waals surface area contributed by atoms with Crippen LogP contribution in [0.1, 0.15) is 31.7 Å². The van der Waals surface area contributed by atoms with Crippen LogP contribution in [0.25, 0.3) is 0 Å². The fourth-order valence-corrected chi connectivity index (χ4v) is 2.99. The Balaban J connectivity index is 2.28. The molecule has 0 bridgehead atoms. The minimum Gasteiger partial charge on any atom is -0.469 e. The number of methoxy groups -OCH3 is 2. The normalized spacial score (nSPS) is 23.4. The van der Waals surface area contributed by atoms with Crippen LogP contribution < -0.4 is 0 Å². The van der Waals surface area contributed by atoms with E-state index >= 15 is 0 Å². The number of ether oxygens (including phenoxy) is 3. The lowest BCUT2D eigenvalue weighted by atomic mass is 9.89. The topological polar surface area (TPSA) is 74.3 Å². The van der Waals surface area contributed by atoms with E-state index < -0.39 is 17.8 Å². The second-order valence-corrected chi connectivity index (χ2v) is 5.82. The number of carbonyl (C=O) groups is 2. The Kier molecular flexibility index (Phi) is 6.92. The van der Waals surface area contributed by atoms with E-state index in [0.29, 0.717) is 13.2 Å². The van der Waals surface area contributed by atoms with E-state index in [1.165, 1.54) is 14.2 Å². The molecule has 7 heteroatoms. The van der Waals surface area contributed by atoms with Crippen molar-refractivity contribution in [1.82, 2.24) is 5.06 Å². The maximum atomic E-state index is 12.6. The van der Waals surface area contributed by atoms with E-state index in [2.05, 4.69) is 0 Å². The molecule has 1 aromatic rings. The van der Waals surface area contributed by atoms with E-state index in [0.717, 1.165) is 5.56 Å². The first-order chi connectivity index (χ1) is 12.1. The zero-order chi connectivity index (χ0) is 18.3. The van der Waals surface area contributed by atoms with Crippen molar-refractivity contribution in [1.29, 1.82) is 0 Å². The minimum absolute atomic E-state index is 0.0824. The number of hydrogen-bond acceptors (Lipinski definition) is 7. The summed E-state index contributed by atoms with van der Waals surface area (Å²) in [5.74, 6) is -0.836. The molecule has 2 atom stereocenters. The number of hydrogen-bond donors (Lipinski definition) is 0. The summed E-state index contributed by atoms with van der Waals surface area (Å²) < 4.78 is 15.3. The first-order valence-corrected chi connectivity index (χ1v) is 8.31. The fraction of sp³-hybridized carbons (Fsp3) is 0.556. The largest absolute Gasteiger partial charge is 0.469 e. The van der Waals surface area contributed by atoms with Crippen LogP contribution >= 0.6 is 0 Å². The highest BCUT2D eigenvalue weighted by Crippen LogP contribution is 2.38. The van der Waals surface area contributed by atoms with Gasteiger partial charge in [0.2, 0.25) is 0 Å². The van der Waals surface area contributed by atoms with Crippen LogP contribution in [-0.4, -0.2) is 49.7 Å². The van der Waals surface area contributed by atoms with Gasteiger partial charge in [-0.2, -0.15) is 5.06 Å². The Labute approximate surface area is 147 Å². The van der Waals surface area contributed by atoms with Crippen LogP contribution in [0.5, 0.6) is 0 Å². The summed E-state index contributed by atoms with van der Waals surface area (Å²) in [6, 6.07) is 9.64. The average molecular weight is 351 g/mol. The third-order valence-electron chi connectivity index (χ3n) is 4.28. The first kappa shape index (κ1) is 19.4. The Morgan fingerprint density at radius 2 is 1.96 bits per heavy atom. The number of carbonyl (C=O) groups excluding carboxylic acids is 2. The van der Waals surface area contributed by atoms with Crippen molar-refractivity contribution < 1.29 is 28.6 Å². The summed E-state index contributed by atoms with van der Waals surface area (Å²) in [4.78, 5) is 30.1. The summed E-state index contributed by atoms with van der Waals surface area (Å²) in [6.07, 6.45) is 0.0320. The highest BCUT2D eigenvalue weighted by molar-refractivity contribution is 5.82. The molecule has 0 N–H and O–H groups in total. The molecule has 2 rings (SSSR count). The molecule has 1 saturated heterocycles. The molecule has 1 aliphatic rings. The zero-order valence-electron chi connectivity index (χ0n) is 14.9. The van der Waals surface area contributed by atoms with E-state index in [-0.39, 0.29) is 25.2 Å². The van der Waals surface area contributed by atoms with E-state index in [1.54, 1.807) is 5.06 Å². The Hall–Kier alpha value is -1.96. The van der Waals surface area contributed by atoms with Crippen LogP contribution in [-0.2, 0) is 35.2 Å². The molecule has 0 unspecified atom stereocenters. The quantitative estimate of drug-likeness (QED) is 0.664. The molecule has 1 aliphatic heterocycles. The second kappa shape index (κ2) is 8.94. The highest BCUT2D eigenvalue weighted by Gasteiger charge is 2.54. The Bertz CT molecular complexity index is 578. The molecule has 0 aromatic heterocycles. The molecule has 0 aliphatic carbocycles. The van der Waals surface area contributed by atoms with Gasteiger partial charge in [0, 0.05) is 19.4 Å². The molecular weight excluding hydrogens is 326 g/mol. The van der Waals surface area contributed by atoms with Crippen LogP contribution in [0.3, 0.4) is 0 Å². The van der Waals surface area contributed by atoms with E-state index in [4.69, 9.17) is 19.0 Å².